The molecule has 0 bridgehead atoms. The highest BCUT2D eigenvalue weighted by molar-refractivity contribution is 5.81. The van der Waals surface area contributed by atoms with E-state index in [1.165, 1.54) is 25.7 Å². The molecule has 124 valence electrons. The molecule has 1 rings (SSSR count). The van der Waals surface area contributed by atoms with Gasteiger partial charge in [0.25, 0.3) is 0 Å². The number of rotatable bonds is 7. The zero-order chi connectivity index (χ0) is 16.0. The van der Waals surface area contributed by atoms with Crippen LogP contribution in [-0.2, 0) is 4.79 Å². The smallest absolute Gasteiger partial charge is 0.237 e. The zero-order valence-electron chi connectivity index (χ0n) is 14.8. The van der Waals surface area contributed by atoms with Gasteiger partial charge in [0.05, 0.1) is 6.04 Å². The second-order valence-corrected chi connectivity index (χ2v) is 7.24. The van der Waals surface area contributed by atoms with Crippen LogP contribution in [0.3, 0.4) is 0 Å². The van der Waals surface area contributed by atoms with Gasteiger partial charge < -0.3 is 15.5 Å². The molecule has 4 heteroatoms. The normalized spacial score (nSPS) is 29.2. The molecule has 0 saturated heterocycles. The van der Waals surface area contributed by atoms with Gasteiger partial charge in [0.15, 0.2) is 0 Å². The number of carbonyl (C=O) groups excluding carboxylic acids is 1. The van der Waals surface area contributed by atoms with Crippen molar-refractivity contribution in [3.05, 3.63) is 0 Å². The van der Waals surface area contributed by atoms with Gasteiger partial charge in [-0.1, -0.05) is 26.7 Å². The van der Waals surface area contributed by atoms with E-state index >= 15 is 0 Å². The van der Waals surface area contributed by atoms with Crippen molar-refractivity contribution in [2.45, 2.75) is 77.4 Å². The van der Waals surface area contributed by atoms with Crippen LogP contribution in [0.2, 0.25) is 0 Å². The van der Waals surface area contributed by atoms with Crippen LogP contribution in [-0.4, -0.2) is 49.1 Å². The van der Waals surface area contributed by atoms with Gasteiger partial charge in [-0.3, -0.25) is 4.79 Å². The summed E-state index contributed by atoms with van der Waals surface area (Å²) in [6.07, 6.45) is 6.02. The number of likely N-dealkylation sites (N-methyl/N-ethyl adjacent to an activating group) is 1. The minimum atomic E-state index is -0.131. The molecular weight excluding hydrogens is 262 g/mol. The van der Waals surface area contributed by atoms with Crippen molar-refractivity contribution in [2.75, 3.05) is 20.6 Å². The highest BCUT2D eigenvalue weighted by Gasteiger charge is 2.37. The second kappa shape index (κ2) is 8.14. The lowest BCUT2D eigenvalue weighted by Gasteiger charge is -2.46. The minimum absolute atomic E-state index is 0.113. The molecule has 21 heavy (non-hydrogen) atoms. The van der Waals surface area contributed by atoms with E-state index in [0.717, 1.165) is 18.9 Å². The van der Waals surface area contributed by atoms with Crippen LogP contribution < -0.4 is 10.6 Å². The van der Waals surface area contributed by atoms with Crippen molar-refractivity contribution >= 4 is 5.91 Å². The molecule has 1 fully saturated rings. The molecule has 0 aromatic rings. The molecule has 0 heterocycles. The van der Waals surface area contributed by atoms with Crippen LogP contribution in [0.5, 0.6) is 0 Å². The Morgan fingerprint density at radius 3 is 2.57 bits per heavy atom. The SMILES string of the molecule is CCC(C)NC(=O)C(C)NCC1(N(C)C)CCCC(C)C1. The molecule has 1 saturated carbocycles. The number of amides is 1. The second-order valence-electron chi connectivity index (χ2n) is 7.24. The Balaban J connectivity index is 2.55. The Labute approximate surface area is 131 Å². The van der Waals surface area contributed by atoms with Crippen LogP contribution in [0.4, 0.5) is 0 Å². The van der Waals surface area contributed by atoms with Crippen LogP contribution in [0, 0.1) is 5.92 Å². The maximum Gasteiger partial charge on any atom is 0.237 e. The van der Waals surface area contributed by atoms with Crippen molar-refractivity contribution in [1.29, 1.82) is 0 Å². The van der Waals surface area contributed by atoms with Crippen LogP contribution in [0.1, 0.15) is 59.8 Å². The molecule has 1 aliphatic rings. The molecule has 0 aromatic carbocycles. The van der Waals surface area contributed by atoms with Gasteiger partial charge in [-0.25, -0.2) is 0 Å². The monoisotopic (exact) mass is 297 g/mol. The van der Waals surface area contributed by atoms with E-state index in [4.69, 9.17) is 0 Å². The fourth-order valence-electron chi connectivity index (χ4n) is 3.26. The molecule has 4 unspecified atom stereocenters. The first-order valence-corrected chi connectivity index (χ1v) is 8.52. The third-order valence-corrected chi connectivity index (χ3v) is 5.15. The Morgan fingerprint density at radius 1 is 1.38 bits per heavy atom. The average Bonchev–Trinajstić information content (AvgIpc) is 2.44. The van der Waals surface area contributed by atoms with Crippen molar-refractivity contribution in [3.63, 3.8) is 0 Å². The zero-order valence-corrected chi connectivity index (χ0v) is 14.8. The van der Waals surface area contributed by atoms with Crippen molar-refractivity contribution in [3.8, 4) is 0 Å². The quantitative estimate of drug-likeness (QED) is 0.758. The summed E-state index contributed by atoms with van der Waals surface area (Å²) in [5.74, 6) is 0.884. The van der Waals surface area contributed by atoms with E-state index in [1.807, 2.05) is 6.92 Å². The number of hydrogen-bond acceptors (Lipinski definition) is 3. The average molecular weight is 297 g/mol. The molecule has 1 amide bonds. The van der Waals surface area contributed by atoms with E-state index in [0.29, 0.717) is 0 Å². The third kappa shape index (κ3) is 5.26. The van der Waals surface area contributed by atoms with Crippen LogP contribution in [0.15, 0.2) is 0 Å². The topological polar surface area (TPSA) is 44.4 Å². The third-order valence-electron chi connectivity index (χ3n) is 5.15. The van der Waals surface area contributed by atoms with E-state index in [1.54, 1.807) is 0 Å². The summed E-state index contributed by atoms with van der Waals surface area (Å²) in [6, 6.07) is 0.118. The van der Waals surface area contributed by atoms with E-state index in [9.17, 15) is 4.79 Å². The largest absolute Gasteiger partial charge is 0.352 e. The Kier molecular flexibility index (Phi) is 7.14. The molecular formula is C17H35N3O. The van der Waals surface area contributed by atoms with Crippen molar-refractivity contribution < 1.29 is 4.79 Å². The standard InChI is InChI=1S/C17H35N3O/c1-7-14(3)19-16(21)15(4)18-12-17(20(5)6)10-8-9-13(2)11-17/h13-15,18H,7-12H2,1-6H3,(H,19,21). The lowest BCUT2D eigenvalue weighted by molar-refractivity contribution is -0.123. The summed E-state index contributed by atoms with van der Waals surface area (Å²) in [7, 11) is 4.34. The lowest BCUT2D eigenvalue weighted by atomic mass is 9.75. The fourth-order valence-corrected chi connectivity index (χ4v) is 3.26. The van der Waals surface area contributed by atoms with Gasteiger partial charge in [0, 0.05) is 18.1 Å². The molecule has 4 nitrogen and oxygen atoms in total. The van der Waals surface area contributed by atoms with Gasteiger partial charge in [-0.05, 0) is 53.1 Å². The van der Waals surface area contributed by atoms with Gasteiger partial charge in [0.2, 0.25) is 5.91 Å². The Morgan fingerprint density at radius 2 is 2.05 bits per heavy atom. The summed E-state index contributed by atoms with van der Waals surface area (Å²) >= 11 is 0. The highest BCUT2D eigenvalue weighted by Crippen LogP contribution is 2.35. The van der Waals surface area contributed by atoms with Gasteiger partial charge in [0.1, 0.15) is 0 Å². The molecule has 0 aromatic heterocycles. The minimum Gasteiger partial charge on any atom is -0.352 e. The van der Waals surface area contributed by atoms with Gasteiger partial charge in [-0.2, -0.15) is 0 Å². The van der Waals surface area contributed by atoms with E-state index < -0.39 is 0 Å². The Hall–Kier alpha value is -0.610. The predicted octanol–water partition coefficient (Wildman–Crippen LogP) is 2.39. The maximum atomic E-state index is 12.1. The molecule has 0 spiro atoms. The van der Waals surface area contributed by atoms with Crippen LogP contribution >= 0.6 is 0 Å². The first kappa shape index (κ1) is 18.4. The number of nitrogens with one attached hydrogen (secondary N) is 2. The molecule has 2 N–H and O–H groups in total. The number of nitrogens with zero attached hydrogens (tertiary/aromatic N) is 1. The number of carbonyl (C=O) groups is 1. The summed E-state index contributed by atoms with van der Waals surface area (Å²) in [4.78, 5) is 14.5. The van der Waals surface area contributed by atoms with E-state index in [-0.39, 0.29) is 23.5 Å². The van der Waals surface area contributed by atoms with Crippen molar-refractivity contribution in [1.82, 2.24) is 15.5 Å². The first-order valence-electron chi connectivity index (χ1n) is 8.52. The summed E-state index contributed by atoms with van der Waals surface area (Å²) in [5, 5.41) is 6.52. The first-order chi connectivity index (χ1) is 9.80. The lowest BCUT2D eigenvalue weighted by Crippen LogP contribution is -2.57. The summed E-state index contributed by atoms with van der Waals surface area (Å²) in [5.41, 5.74) is 0.197. The summed E-state index contributed by atoms with van der Waals surface area (Å²) in [6.45, 7) is 9.34. The molecule has 1 aliphatic carbocycles. The molecule has 4 atom stereocenters. The molecule has 0 radical (unpaired) electrons. The van der Waals surface area contributed by atoms with Gasteiger partial charge in [-0.15, -0.1) is 0 Å². The van der Waals surface area contributed by atoms with Gasteiger partial charge >= 0.3 is 0 Å². The van der Waals surface area contributed by atoms with E-state index in [2.05, 4.69) is 50.4 Å². The van der Waals surface area contributed by atoms with Crippen LogP contribution in [0.25, 0.3) is 0 Å². The molecule has 0 aliphatic heterocycles. The number of hydrogen-bond donors (Lipinski definition) is 2. The fraction of sp³-hybridized carbons (Fsp3) is 0.941. The summed E-state index contributed by atoms with van der Waals surface area (Å²) < 4.78 is 0. The predicted molar refractivity (Wildman–Crippen MR) is 89.4 cm³/mol. The maximum absolute atomic E-state index is 12.1. The Bertz CT molecular complexity index is 332. The van der Waals surface area contributed by atoms with Crippen molar-refractivity contribution in [2.24, 2.45) is 5.92 Å². The highest BCUT2D eigenvalue weighted by atomic mass is 16.2.